The minimum absolute atomic E-state index is 0.0105. The van der Waals surface area contributed by atoms with Crippen LogP contribution >= 0.6 is 0 Å². The number of carbonyl (C=O) groups excluding carboxylic acids is 16. The number of nitrogens with one attached hydrogen (secondary N) is 18. The molecule has 3 aliphatic rings. The Hall–Kier alpha value is -14.0. The van der Waals surface area contributed by atoms with E-state index < -0.39 is 211 Å². The van der Waals surface area contributed by atoms with Gasteiger partial charge in [0, 0.05) is 114 Å². The number of carboxylic acids is 4. The van der Waals surface area contributed by atoms with Crippen molar-refractivity contribution in [3.05, 3.63) is 54.2 Å². The van der Waals surface area contributed by atoms with Crippen molar-refractivity contribution in [2.45, 2.75) is 324 Å². The Balaban J connectivity index is 1.13. The standard InChI is InChI=1S/C98H155N25O26/c1-62(124)112-72-41-40-65(125)28-16-18-33-73(117-92(143)74(52-63-55-109-67-30-19-17-29-66(63)67)118-88(139)69(34-24-43-107-97(100)101)113-80(127)57-110-87(138)75(119-91(72)142)53-64-56-104-61-111-64)95(146)123-48-27-37-78(123)96(147)122-47-26-36-77(122)94(145)116-71(35-25-44-108-98(102)103)90(141)120-76(54-83(131)132)93(144)115-70(32-21-23-46-121(58-84(133)134)59-85(135)136)89(140)114-68(86(99)137)31-20-22-42-105-81(128)60-149-51-50-148-49-45-106-79(126)38-14-12-10-8-6-4-2-3-5-7-9-11-13-15-39-82(129)130/h17,19,29-30,55-56,61,68-78,109H,2-16,18,20-28,31-54,57-60H2,1H3,(H2,99,137)(H,104,111)(H,105,128)(H,106,126)(H,110,138)(H,112,124)(H,113,127)(H,114,140)(H,115,144)(H,116,145)(H,117,143)(H,118,139)(H,119,142)(H,120,141)(H,129,130)(H,131,132)(H,133,134)(H,135,136)(H4,100,101,107)(H4,102,103,108)/t68-,69-,70-,71-,72-,73-,74-,75-,76-,77-,78-/m0/s1. The van der Waals surface area contributed by atoms with E-state index in [0.717, 1.165) is 63.2 Å². The minimum atomic E-state index is -2.05. The molecule has 3 fully saturated rings. The van der Waals surface area contributed by atoms with Crippen molar-refractivity contribution in [2.24, 2.45) is 17.2 Å². The number of para-hydroxylation sites is 1. The Morgan fingerprint density at radius 2 is 1.06 bits per heavy atom. The van der Waals surface area contributed by atoms with E-state index in [0.29, 0.717) is 35.1 Å². The molecule has 1 aromatic carbocycles. The van der Waals surface area contributed by atoms with Crippen LogP contribution in [0.3, 0.4) is 0 Å². The molecule has 0 saturated carbocycles. The van der Waals surface area contributed by atoms with Crippen LogP contribution in [0.25, 0.3) is 10.9 Å². The predicted molar refractivity (Wildman–Crippen MR) is 541 cm³/mol. The van der Waals surface area contributed by atoms with Gasteiger partial charge in [0.05, 0.1) is 52.2 Å². The summed E-state index contributed by atoms with van der Waals surface area (Å²) in [6, 6.07) is -9.71. The van der Waals surface area contributed by atoms with Crippen LogP contribution in [-0.4, -0.2) is 339 Å². The largest absolute Gasteiger partial charge is 0.481 e. The maximum Gasteiger partial charge on any atom is 0.317 e. The lowest BCUT2D eigenvalue weighted by Gasteiger charge is -2.34. The van der Waals surface area contributed by atoms with Crippen LogP contribution < -0.4 is 91.6 Å². The SMILES string of the molecule is CC(=O)N[C@H]1CCC(=O)CCCC[C@@H](C(=O)N2CCC[C@H]2C(=O)N2CCC[C@H]2C(=O)N[C@@H](CCCNC(=N)N)C(=O)N[C@@H](CC(=O)O)C(=O)N[C@@H](CCCCN(CC(=O)O)CC(=O)O)C(=O)N[C@@H](CCCCNC(=O)COCCOCCNC(=O)CCCCCCCCCCCCCCCCC(=O)O)C(N)=O)NC(=O)[C@H](Cc2c[nH]c3ccccc23)NC(=O)[C@H](CCCNC(=N)N)NC(=O)CNC(=O)[C@H](Cc2cnc[nH]2)NC1=O. The average molecular weight is 2100 g/mol. The first kappa shape index (κ1) is 124. The van der Waals surface area contributed by atoms with Gasteiger partial charge in [0.1, 0.15) is 78.9 Å². The van der Waals surface area contributed by atoms with E-state index in [-0.39, 0.29) is 225 Å². The maximum absolute atomic E-state index is 15.6. The number of Topliss-reactive ketones (excluding diaryl/α,β-unsaturated/α-hetero) is 1. The number of carboxylic acid groups (broad SMARTS) is 4. The number of ketones is 1. The van der Waals surface area contributed by atoms with Crippen LogP contribution in [-0.2, 0) is 118 Å². The molecule has 149 heavy (non-hydrogen) atoms. The smallest absolute Gasteiger partial charge is 0.317 e. The lowest BCUT2D eigenvalue weighted by atomic mass is 10.00. The van der Waals surface area contributed by atoms with Crippen LogP contribution in [0.15, 0.2) is 43.0 Å². The van der Waals surface area contributed by atoms with Gasteiger partial charge in [-0.2, -0.15) is 0 Å². The molecule has 0 unspecified atom stereocenters. The number of hydrogen-bond donors (Lipinski definition) is 25. The van der Waals surface area contributed by atoms with Gasteiger partial charge in [-0.3, -0.25) is 112 Å². The summed E-state index contributed by atoms with van der Waals surface area (Å²) in [6.45, 7) is -0.835. The number of amides is 15. The summed E-state index contributed by atoms with van der Waals surface area (Å²) < 4.78 is 11.0. The zero-order valence-electron chi connectivity index (χ0n) is 85.2. The Labute approximate surface area is 865 Å². The van der Waals surface area contributed by atoms with Crippen molar-refractivity contribution in [1.82, 2.24) is 104 Å². The van der Waals surface area contributed by atoms with Crippen molar-refractivity contribution in [1.29, 1.82) is 10.8 Å². The van der Waals surface area contributed by atoms with E-state index in [1.165, 1.54) is 60.8 Å². The number of likely N-dealkylation sites (tertiary alicyclic amines) is 2. The molecule has 5 heterocycles. The first-order chi connectivity index (χ1) is 71.3. The highest BCUT2D eigenvalue weighted by atomic mass is 16.5. The third-order valence-corrected chi connectivity index (χ3v) is 25.6. The van der Waals surface area contributed by atoms with Crippen molar-refractivity contribution in [2.75, 3.05) is 91.9 Å². The predicted octanol–water partition coefficient (Wildman–Crippen LogP) is -1.03. The second kappa shape index (κ2) is 69.2. The summed E-state index contributed by atoms with van der Waals surface area (Å²) >= 11 is 0. The monoisotopic (exact) mass is 2100 g/mol. The van der Waals surface area contributed by atoms with Crippen LogP contribution in [0, 0.1) is 10.8 Å². The molecule has 3 aromatic rings. The van der Waals surface area contributed by atoms with Crippen molar-refractivity contribution in [3.8, 4) is 0 Å². The molecule has 0 radical (unpaired) electrons. The lowest BCUT2D eigenvalue weighted by Crippen LogP contribution is -2.60. The van der Waals surface area contributed by atoms with Crippen LogP contribution in [0.1, 0.15) is 256 Å². The van der Waals surface area contributed by atoms with Crippen LogP contribution in [0.4, 0.5) is 0 Å². The highest BCUT2D eigenvalue weighted by Crippen LogP contribution is 2.29. The molecule has 828 valence electrons. The molecular formula is C98H155N25O26. The fourth-order valence-corrected chi connectivity index (χ4v) is 17.8. The third-order valence-electron chi connectivity index (χ3n) is 25.6. The molecule has 0 aliphatic carbocycles. The molecular weight excluding hydrogens is 1940 g/mol. The summed E-state index contributed by atoms with van der Waals surface area (Å²) in [5.41, 5.74) is 18.5. The van der Waals surface area contributed by atoms with Gasteiger partial charge in [-0.15, -0.1) is 0 Å². The molecule has 15 amide bonds. The number of guanidine groups is 2. The number of imidazole rings is 1. The molecule has 3 saturated heterocycles. The van der Waals surface area contributed by atoms with Gasteiger partial charge in [-0.25, -0.2) is 4.98 Å². The Morgan fingerprint density at radius 3 is 1.69 bits per heavy atom. The third kappa shape index (κ3) is 49.6. The van der Waals surface area contributed by atoms with Gasteiger partial charge >= 0.3 is 23.9 Å². The number of unbranched alkanes of at least 4 members (excludes halogenated alkanes) is 15. The number of primary amides is 1. The molecule has 28 N–H and O–H groups in total. The van der Waals surface area contributed by atoms with Crippen molar-refractivity contribution in [3.63, 3.8) is 0 Å². The number of rotatable bonds is 65. The molecule has 51 nitrogen and oxygen atoms in total. The van der Waals surface area contributed by atoms with Gasteiger partial charge < -0.3 is 141 Å². The van der Waals surface area contributed by atoms with E-state index in [2.05, 4.69) is 89.4 Å². The van der Waals surface area contributed by atoms with Gasteiger partial charge in [0.2, 0.25) is 88.6 Å². The number of benzene rings is 1. The second-order valence-corrected chi connectivity index (χ2v) is 37.7. The van der Waals surface area contributed by atoms with E-state index >= 15 is 14.4 Å². The highest BCUT2D eigenvalue weighted by molar-refractivity contribution is 6.01. The van der Waals surface area contributed by atoms with E-state index in [1.807, 2.05) is 0 Å². The number of H-pyrrole nitrogens is 2. The van der Waals surface area contributed by atoms with Gasteiger partial charge in [0.15, 0.2) is 11.9 Å². The average Bonchev–Trinajstić information content (AvgIpc) is 1.57. The van der Waals surface area contributed by atoms with Crippen LogP contribution in [0.2, 0.25) is 0 Å². The Bertz CT molecular complexity index is 4870. The summed E-state index contributed by atoms with van der Waals surface area (Å²) in [6.07, 6.45) is 17.8. The minimum Gasteiger partial charge on any atom is -0.481 e. The number of hydrogen-bond acceptors (Lipinski definition) is 26. The number of carbonyl (C=O) groups is 20. The Morgan fingerprint density at radius 1 is 0.503 bits per heavy atom. The summed E-state index contributed by atoms with van der Waals surface area (Å²) in [5.74, 6) is -19.0. The molecule has 51 heteroatoms. The first-order valence-electron chi connectivity index (χ1n) is 51.7. The summed E-state index contributed by atoms with van der Waals surface area (Å²) in [4.78, 5) is 287. The number of nitrogens with two attached hydrogens (primary N) is 3. The van der Waals surface area contributed by atoms with Crippen LogP contribution in [0.5, 0.6) is 0 Å². The molecule has 6 rings (SSSR count). The number of ether oxygens (including phenoxy) is 2. The fraction of sp³-hybridized carbons (Fsp3) is 0.663. The van der Waals surface area contributed by atoms with Gasteiger partial charge in [-0.1, -0.05) is 102 Å². The number of fused-ring (bicyclic) bond motifs is 1. The second-order valence-electron chi connectivity index (χ2n) is 37.7. The normalized spacial score (nSPS) is 18.5. The van der Waals surface area contributed by atoms with Crippen molar-refractivity contribution >= 4 is 141 Å². The van der Waals surface area contributed by atoms with Gasteiger partial charge in [0.25, 0.3) is 0 Å². The topological polar surface area (TPSA) is 789 Å². The van der Waals surface area contributed by atoms with E-state index in [4.69, 9.17) is 42.6 Å². The zero-order chi connectivity index (χ0) is 109. The molecule has 2 aromatic heterocycles. The van der Waals surface area contributed by atoms with E-state index in [1.54, 1.807) is 30.5 Å². The van der Waals surface area contributed by atoms with Crippen molar-refractivity contribution < 1.29 is 126 Å². The first-order valence-corrected chi connectivity index (χ1v) is 51.7. The highest BCUT2D eigenvalue weighted by Gasteiger charge is 2.46. The molecule has 0 bridgehead atoms. The Kier molecular flexibility index (Phi) is 57.5. The number of aromatic nitrogens is 3. The maximum atomic E-state index is 15.6. The molecule has 0 spiro atoms. The fourth-order valence-electron chi connectivity index (χ4n) is 17.8. The number of aromatic amines is 2. The molecule has 11 atom stereocenters. The lowest BCUT2D eigenvalue weighted by molar-refractivity contribution is -0.148. The quantitative estimate of drug-likeness (QED) is 0.0183. The summed E-state index contributed by atoms with van der Waals surface area (Å²) in [5, 5.41) is 90.7. The summed E-state index contributed by atoms with van der Waals surface area (Å²) in [7, 11) is 0. The number of nitrogens with zero attached hydrogens (tertiary/aromatic N) is 4. The van der Waals surface area contributed by atoms with Gasteiger partial charge in [-0.05, 0) is 140 Å². The number of aliphatic carboxylic acids is 4. The zero-order valence-corrected chi connectivity index (χ0v) is 85.2. The molecule has 3 aliphatic heterocycles. The van der Waals surface area contributed by atoms with E-state index in [9.17, 15) is 96.8 Å².